The number of piperidine rings is 1. The zero-order valence-corrected chi connectivity index (χ0v) is 16.7. The van der Waals surface area contributed by atoms with Crippen LogP contribution < -0.4 is 4.74 Å². The summed E-state index contributed by atoms with van der Waals surface area (Å²) in [4.78, 5) is 15.9. The summed E-state index contributed by atoms with van der Waals surface area (Å²) in [7, 11) is 0. The molecule has 0 amide bonds. The van der Waals surface area contributed by atoms with Gasteiger partial charge in [0.25, 0.3) is 0 Å². The van der Waals surface area contributed by atoms with E-state index in [4.69, 9.17) is 4.74 Å². The topological polar surface area (TPSA) is 29.5 Å². The van der Waals surface area contributed by atoms with Crippen molar-refractivity contribution in [1.82, 2.24) is 4.90 Å². The number of ketones is 1. The zero-order chi connectivity index (χ0) is 19.8. The Hall–Kier alpha value is -2.20. The Kier molecular flexibility index (Phi) is 5.13. The highest BCUT2D eigenvalue weighted by atomic mass is 19.1. The Labute approximate surface area is 171 Å². The van der Waals surface area contributed by atoms with Crippen LogP contribution in [0, 0.1) is 17.7 Å². The number of carbonyl (C=O) groups is 1. The highest BCUT2D eigenvalue weighted by molar-refractivity contribution is 6.00. The highest BCUT2D eigenvalue weighted by Crippen LogP contribution is 2.41. The van der Waals surface area contributed by atoms with Crippen LogP contribution in [0.2, 0.25) is 0 Å². The van der Waals surface area contributed by atoms with Crippen LogP contribution in [-0.4, -0.2) is 29.4 Å². The summed E-state index contributed by atoms with van der Waals surface area (Å²) in [6, 6.07) is 15.8. The molecule has 29 heavy (non-hydrogen) atoms. The number of benzene rings is 2. The van der Waals surface area contributed by atoms with Gasteiger partial charge in [-0.25, -0.2) is 4.39 Å². The molecule has 1 saturated carbocycles. The maximum Gasteiger partial charge on any atom is 0.169 e. The molecule has 2 aliphatic heterocycles. The van der Waals surface area contributed by atoms with Crippen LogP contribution in [-0.2, 0) is 6.54 Å². The second-order valence-electron chi connectivity index (χ2n) is 8.97. The first kappa shape index (κ1) is 18.8. The third kappa shape index (κ3) is 4.09. The molecule has 2 saturated heterocycles. The fourth-order valence-electron chi connectivity index (χ4n) is 5.07. The number of rotatable bonds is 7. The van der Waals surface area contributed by atoms with Crippen molar-refractivity contribution in [3.63, 3.8) is 0 Å². The van der Waals surface area contributed by atoms with Crippen LogP contribution in [0.3, 0.4) is 0 Å². The number of ether oxygens (including phenoxy) is 1. The van der Waals surface area contributed by atoms with E-state index in [0.29, 0.717) is 35.9 Å². The van der Waals surface area contributed by atoms with Gasteiger partial charge in [0.2, 0.25) is 0 Å². The van der Waals surface area contributed by atoms with Crippen molar-refractivity contribution in [2.24, 2.45) is 11.8 Å². The molecule has 0 radical (unpaired) electrons. The van der Waals surface area contributed by atoms with Gasteiger partial charge in [0, 0.05) is 24.5 Å². The third-order valence-electron chi connectivity index (χ3n) is 6.84. The summed E-state index contributed by atoms with van der Waals surface area (Å²) in [5, 5.41) is 0. The lowest BCUT2D eigenvalue weighted by atomic mass is 9.84. The first-order valence-corrected chi connectivity index (χ1v) is 10.9. The minimum atomic E-state index is -0.364. The molecule has 152 valence electrons. The van der Waals surface area contributed by atoms with E-state index >= 15 is 0 Å². The molecule has 0 N–H and O–H groups in total. The molecule has 3 aliphatic rings. The van der Waals surface area contributed by atoms with E-state index in [0.717, 1.165) is 32.2 Å². The molecule has 2 aromatic carbocycles. The Morgan fingerprint density at radius 2 is 1.72 bits per heavy atom. The fraction of sp³-hybridized carbons (Fsp3) is 0.480. The van der Waals surface area contributed by atoms with Gasteiger partial charge in [0.1, 0.15) is 11.6 Å². The van der Waals surface area contributed by atoms with Gasteiger partial charge < -0.3 is 4.74 Å². The smallest absolute Gasteiger partial charge is 0.169 e. The Morgan fingerprint density at radius 1 is 1.00 bits per heavy atom. The molecule has 3 fully saturated rings. The third-order valence-corrected chi connectivity index (χ3v) is 6.84. The highest BCUT2D eigenvalue weighted by Gasteiger charge is 2.43. The molecule has 0 aromatic heterocycles. The van der Waals surface area contributed by atoms with Gasteiger partial charge in [-0.2, -0.15) is 0 Å². The Bertz CT molecular complexity index is 866. The van der Waals surface area contributed by atoms with Crippen molar-refractivity contribution >= 4 is 5.78 Å². The predicted octanol–water partition coefficient (Wildman–Crippen LogP) is 5.24. The Balaban J connectivity index is 1.30. The first-order valence-electron chi connectivity index (χ1n) is 10.9. The Morgan fingerprint density at radius 3 is 2.41 bits per heavy atom. The van der Waals surface area contributed by atoms with Crippen LogP contribution in [0.15, 0.2) is 48.5 Å². The number of fused-ring (bicyclic) bond motifs is 2. The van der Waals surface area contributed by atoms with Gasteiger partial charge in [0.05, 0.1) is 12.2 Å². The lowest BCUT2D eigenvalue weighted by Crippen LogP contribution is -2.44. The quantitative estimate of drug-likeness (QED) is 0.603. The van der Waals surface area contributed by atoms with Crippen molar-refractivity contribution in [2.75, 3.05) is 6.61 Å². The largest absolute Gasteiger partial charge is 0.493 e. The SMILES string of the molecule is O=C(c1cc(F)ccc1OCC1CC1)C1CC2CCC(C1)N2Cc1ccccc1. The van der Waals surface area contributed by atoms with Gasteiger partial charge in [-0.1, -0.05) is 30.3 Å². The lowest BCUT2D eigenvalue weighted by Gasteiger charge is -2.38. The predicted molar refractivity (Wildman–Crippen MR) is 110 cm³/mol. The molecule has 0 spiro atoms. The molecule has 2 bridgehead atoms. The zero-order valence-electron chi connectivity index (χ0n) is 16.7. The van der Waals surface area contributed by atoms with E-state index in [-0.39, 0.29) is 17.5 Å². The van der Waals surface area contributed by atoms with E-state index in [1.807, 2.05) is 6.07 Å². The van der Waals surface area contributed by atoms with Crippen molar-refractivity contribution < 1.29 is 13.9 Å². The summed E-state index contributed by atoms with van der Waals surface area (Å²) in [6.07, 6.45) is 6.40. The number of nitrogens with zero attached hydrogens (tertiary/aromatic N) is 1. The molecule has 2 atom stereocenters. The van der Waals surface area contributed by atoms with Crippen LogP contribution >= 0.6 is 0 Å². The summed E-state index contributed by atoms with van der Waals surface area (Å²) in [5.41, 5.74) is 1.77. The van der Waals surface area contributed by atoms with Gasteiger partial charge in [-0.15, -0.1) is 0 Å². The van der Waals surface area contributed by atoms with E-state index in [2.05, 4.69) is 29.2 Å². The molecule has 2 heterocycles. The molecule has 4 heteroatoms. The molecule has 2 unspecified atom stereocenters. The standard InChI is InChI=1S/C25H28FNO2/c26-20-8-11-24(29-16-18-6-7-18)23(14-20)25(28)19-12-21-9-10-22(13-19)27(21)15-17-4-2-1-3-5-17/h1-5,8,11,14,18-19,21-22H,6-7,9-10,12-13,15-16H2. The first-order chi connectivity index (χ1) is 14.2. The average Bonchev–Trinajstić information content (AvgIpc) is 3.54. The molecule has 1 aliphatic carbocycles. The molecule has 2 aromatic rings. The second kappa shape index (κ2) is 7.91. The van der Waals surface area contributed by atoms with E-state index in [1.165, 1.54) is 30.5 Å². The van der Waals surface area contributed by atoms with Crippen LogP contribution in [0.4, 0.5) is 4.39 Å². The summed E-state index contributed by atoms with van der Waals surface area (Å²) >= 11 is 0. The minimum absolute atomic E-state index is 0.0374. The van der Waals surface area contributed by atoms with Gasteiger partial charge >= 0.3 is 0 Å². The number of carbonyl (C=O) groups excluding carboxylic acids is 1. The minimum Gasteiger partial charge on any atom is -0.493 e. The van der Waals surface area contributed by atoms with E-state index < -0.39 is 0 Å². The molecule has 3 nitrogen and oxygen atoms in total. The second-order valence-corrected chi connectivity index (χ2v) is 8.97. The number of hydrogen-bond acceptors (Lipinski definition) is 3. The van der Waals surface area contributed by atoms with Gasteiger partial charge in [-0.05, 0) is 68.2 Å². The van der Waals surface area contributed by atoms with Crippen molar-refractivity contribution in [2.45, 2.75) is 57.2 Å². The molecular formula is C25H28FNO2. The maximum absolute atomic E-state index is 13.9. The summed E-state index contributed by atoms with van der Waals surface area (Å²) in [5.74, 6) is 0.815. The number of Topliss-reactive ketones (excluding diaryl/α,β-unsaturated/α-hetero) is 1. The molecule has 5 rings (SSSR count). The van der Waals surface area contributed by atoms with Gasteiger partial charge in [-0.3, -0.25) is 9.69 Å². The fourth-order valence-corrected chi connectivity index (χ4v) is 5.07. The van der Waals surface area contributed by atoms with Crippen LogP contribution in [0.5, 0.6) is 5.75 Å². The maximum atomic E-state index is 13.9. The van der Waals surface area contributed by atoms with Crippen molar-refractivity contribution in [3.05, 3.63) is 65.5 Å². The lowest BCUT2D eigenvalue weighted by molar-refractivity contribution is 0.0674. The van der Waals surface area contributed by atoms with Crippen molar-refractivity contribution in [3.8, 4) is 5.75 Å². The van der Waals surface area contributed by atoms with Crippen LogP contribution in [0.1, 0.15) is 54.4 Å². The number of halogens is 1. The summed E-state index contributed by atoms with van der Waals surface area (Å²) in [6.45, 7) is 1.58. The number of hydrogen-bond donors (Lipinski definition) is 0. The normalized spacial score (nSPS) is 26.4. The molecular weight excluding hydrogens is 365 g/mol. The van der Waals surface area contributed by atoms with Crippen LogP contribution in [0.25, 0.3) is 0 Å². The van der Waals surface area contributed by atoms with Crippen molar-refractivity contribution in [1.29, 1.82) is 0 Å². The monoisotopic (exact) mass is 393 g/mol. The average molecular weight is 394 g/mol. The van der Waals surface area contributed by atoms with E-state index in [9.17, 15) is 9.18 Å². The van der Waals surface area contributed by atoms with Gasteiger partial charge in [0.15, 0.2) is 5.78 Å². The van der Waals surface area contributed by atoms with E-state index in [1.54, 1.807) is 6.07 Å². The summed E-state index contributed by atoms with van der Waals surface area (Å²) < 4.78 is 19.8.